The van der Waals surface area contributed by atoms with E-state index in [0.717, 1.165) is 0 Å². The van der Waals surface area contributed by atoms with Crippen LogP contribution in [0.4, 0.5) is 5.82 Å². The highest BCUT2D eigenvalue weighted by atomic mass is 127. The SMILES string of the molecule is C[C@@]1(O)[C@H](O)[C@@H](CI)O[C@H]1c1ccc2c(N)ncnn12. The van der Waals surface area contributed by atoms with Crippen molar-refractivity contribution in [3.05, 3.63) is 24.2 Å². The molecule has 0 saturated carbocycles. The molecule has 1 saturated heterocycles. The Morgan fingerprint density at radius 2 is 2.30 bits per heavy atom. The van der Waals surface area contributed by atoms with E-state index in [1.165, 1.54) is 6.33 Å². The molecular formula is C12H15IN4O3. The molecule has 0 bridgehead atoms. The van der Waals surface area contributed by atoms with Crippen LogP contribution in [0.3, 0.4) is 0 Å². The number of hydrogen-bond acceptors (Lipinski definition) is 6. The van der Waals surface area contributed by atoms with Crippen molar-refractivity contribution in [2.45, 2.75) is 30.8 Å². The molecule has 0 aromatic carbocycles. The van der Waals surface area contributed by atoms with E-state index in [2.05, 4.69) is 32.7 Å². The molecule has 1 aliphatic heterocycles. The van der Waals surface area contributed by atoms with Crippen molar-refractivity contribution in [3.8, 4) is 0 Å². The third-order valence-corrected chi connectivity index (χ3v) is 4.59. The molecule has 0 radical (unpaired) electrons. The van der Waals surface area contributed by atoms with E-state index in [4.69, 9.17) is 10.5 Å². The molecule has 1 fully saturated rings. The first-order chi connectivity index (χ1) is 9.46. The number of aliphatic hydroxyl groups is 2. The summed E-state index contributed by atoms with van der Waals surface area (Å²) in [5.74, 6) is 0.356. The first-order valence-corrected chi connectivity index (χ1v) is 7.69. The van der Waals surface area contributed by atoms with Gasteiger partial charge in [0.15, 0.2) is 5.82 Å². The van der Waals surface area contributed by atoms with Gasteiger partial charge < -0.3 is 20.7 Å². The summed E-state index contributed by atoms with van der Waals surface area (Å²) in [4.78, 5) is 3.92. The predicted octanol–water partition coefficient (Wildman–Crippen LogP) is 0.298. The Morgan fingerprint density at radius 1 is 1.55 bits per heavy atom. The monoisotopic (exact) mass is 390 g/mol. The zero-order valence-electron chi connectivity index (χ0n) is 10.8. The van der Waals surface area contributed by atoms with E-state index in [0.29, 0.717) is 21.5 Å². The molecule has 2 aromatic heterocycles. The molecule has 108 valence electrons. The minimum atomic E-state index is -1.39. The van der Waals surface area contributed by atoms with Gasteiger partial charge in [0.05, 0.1) is 11.8 Å². The zero-order chi connectivity index (χ0) is 14.5. The summed E-state index contributed by atoms with van der Waals surface area (Å²) in [6, 6.07) is 3.55. The van der Waals surface area contributed by atoms with Gasteiger partial charge in [-0.1, -0.05) is 22.6 Å². The summed E-state index contributed by atoms with van der Waals surface area (Å²) in [5.41, 5.74) is 5.70. The number of anilines is 1. The second-order valence-electron chi connectivity index (χ2n) is 5.08. The van der Waals surface area contributed by atoms with Crippen molar-refractivity contribution in [3.63, 3.8) is 0 Å². The van der Waals surface area contributed by atoms with Gasteiger partial charge in [-0.25, -0.2) is 9.50 Å². The number of aliphatic hydroxyl groups excluding tert-OH is 1. The Kier molecular flexibility index (Phi) is 3.35. The van der Waals surface area contributed by atoms with Crippen molar-refractivity contribution in [1.82, 2.24) is 14.6 Å². The van der Waals surface area contributed by atoms with Crippen LogP contribution in [0.5, 0.6) is 0 Å². The van der Waals surface area contributed by atoms with Gasteiger partial charge >= 0.3 is 0 Å². The average molecular weight is 390 g/mol. The Hall–Kier alpha value is -0.970. The van der Waals surface area contributed by atoms with Gasteiger partial charge in [-0.3, -0.25) is 0 Å². The summed E-state index contributed by atoms with van der Waals surface area (Å²) in [6.07, 6.45) is -0.689. The average Bonchev–Trinajstić information content (AvgIpc) is 2.92. The Balaban J connectivity index is 2.10. The zero-order valence-corrected chi connectivity index (χ0v) is 12.9. The summed E-state index contributed by atoms with van der Waals surface area (Å²) < 4.78 is 7.98. The normalized spacial score (nSPS) is 33.9. The van der Waals surface area contributed by atoms with Crippen LogP contribution in [-0.2, 0) is 4.74 Å². The number of alkyl halides is 1. The lowest BCUT2D eigenvalue weighted by atomic mass is 9.91. The number of rotatable bonds is 2. The van der Waals surface area contributed by atoms with Gasteiger partial charge in [0.2, 0.25) is 0 Å². The van der Waals surface area contributed by atoms with Gasteiger partial charge in [-0.2, -0.15) is 5.10 Å². The predicted molar refractivity (Wildman–Crippen MR) is 80.5 cm³/mol. The van der Waals surface area contributed by atoms with Gasteiger partial charge in [0.1, 0.15) is 29.7 Å². The van der Waals surface area contributed by atoms with Crippen molar-refractivity contribution in [2.75, 3.05) is 10.2 Å². The molecule has 0 spiro atoms. The van der Waals surface area contributed by atoms with Crippen LogP contribution >= 0.6 is 22.6 Å². The van der Waals surface area contributed by atoms with Crippen LogP contribution < -0.4 is 5.73 Å². The maximum absolute atomic E-state index is 10.6. The van der Waals surface area contributed by atoms with Crippen molar-refractivity contribution >= 4 is 33.9 Å². The molecule has 8 heteroatoms. The van der Waals surface area contributed by atoms with Crippen molar-refractivity contribution < 1.29 is 14.9 Å². The third kappa shape index (κ3) is 1.90. The second kappa shape index (κ2) is 4.79. The molecule has 1 aliphatic rings. The van der Waals surface area contributed by atoms with E-state index in [9.17, 15) is 10.2 Å². The molecular weight excluding hydrogens is 375 g/mol. The topological polar surface area (TPSA) is 106 Å². The first-order valence-electron chi connectivity index (χ1n) is 6.16. The van der Waals surface area contributed by atoms with Gasteiger partial charge in [0.25, 0.3) is 0 Å². The smallest absolute Gasteiger partial charge is 0.151 e. The molecule has 4 N–H and O–H groups in total. The molecule has 7 nitrogen and oxygen atoms in total. The summed E-state index contributed by atoms with van der Waals surface area (Å²) in [5, 5.41) is 24.9. The number of nitrogen functional groups attached to an aromatic ring is 1. The van der Waals surface area contributed by atoms with Crippen LogP contribution in [0.2, 0.25) is 0 Å². The van der Waals surface area contributed by atoms with E-state index in [-0.39, 0.29) is 0 Å². The highest BCUT2D eigenvalue weighted by Crippen LogP contribution is 2.42. The minimum Gasteiger partial charge on any atom is -0.387 e. The highest BCUT2D eigenvalue weighted by molar-refractivity contribution is 14.1. The first kappa shape index (κ1) is 14.0. The van der Waals surface area contributed by atoms with E-state index in [1.54, 1.807) is 23.6 Å². The molecule has 20 heavy (non-hydrogen) atoms. The maximum Gasteiger partial charge on any atom is 0.151 e. The minimum absolute atomic E-state index is 0.356. The molecule has 0 aliphatic carbocycles. The van der Waals surface area contributed by atoms with Crippen LogP contribution in [0.15, 0.2) is 18.5 Å². The lowest BCUT2D eigenvalue weighted by Crippen LogP contribution is -2.42. The highest BCUT2D eigenvalue weighted by Gasteiger charge is 2.53. The quantitative estimate of drug-likeness (QED) is 0.503. The number of aromatic nitrogens is 3. The summed E-state index contributed by atoms with van der Waals surface area (Å²) in [7, 11) is 0. The van der Waals surface area contributed by atoms with Crippen LogP contribution in [0.25, 0.3) is 5.52 Å². The molecule has 4 atom stereocenters. The molecule has 2 aromatic rings. The number of ether oxygens (including phenoxy) is 1. The number of nitrogens with two attached hydrogens (primary N) is 1. The Labute approximate surface area is 128 Å². The summed E-state index contributed by atoms with van der Waals surface area (Å²) in [6.45, 7) is 1.57. The van der Waals surface area contributed by atoms with Gasteiger partial charge in [-0.15, -0.1) is 0 Å². The van der Waals surface area contributed by atoms with Crippen molar-refractivity contribution in [1.29, 1.82) is 0 Å². The van der Waals surface area contributed by atoms with Gasteiger partial charge in [0, 0.05) is 4.43 Å². The third-order valence-electron chi connectivity index (χ3n) is 3.72. The molecule has 3 rings (SSSR count). The van der Waals surface area contributed by atoms with Crippen molar-refractivity contribution in [2.24, 2.45) is 0 Å². The Morgan fingerprint density at radius 3 is 2.95 bits per heavy atom. The largest absolute Gasteiger partial charge is 0.387 e. The molecule has 3 heterocycles. The van der Waals surface area contributed by atoms with Crippen LogP contribution in [0, 0.1) is 0 Å². The molecule has 0 unspecified atom stereocenters. The number of nitrogens with zero attached hydrogens (tertiary/aromatic N) is 3. The van der Waals surface area contributed by atoms with Crippen LogP contribution in [-0.4, -0.2) is 47.0 Å². The summed E-state index contributed by atoms with van der Waals surface area (Å²) >= 11 is 2.12. The van der Waals surface area contributed by atoms with Gasteiger partial charge in [-0.05, 0) is 19.1 Å². The lowest BCUT2D eigenvalue weighted by molar-refractivity contribution is -0.0664. The fraction of sp³-hybridized carbons (Fsp3) is 0.500. The van der Waals surface area contributed by atoms with E-state index >= 15 is 0 Å². The Bertz CT molecular complexity index is 645. The fourth-order valence-corrected chi connectivity index (χ4v) is 3.27. The second-order valence-corrected chi connectivity index (χ2v) is 5.96. The number of hydrogen-bond donors (Lipinski definition) is 3. The maximum atomic E-state index is 10.6. The fourth-order valence-electron chi connectivity index (χ4n) is 2.58. The molecule has 0 amide bonds. The number of fused-ring (bicyclic) bond motifs is 1. The lowest BCUT2D eigenvalue weighted by Gasteiger charge is -2.26. The number of halogens is 1. The standard InChI is InChI=1S/C12H15IN4O3/c1-12(19)9(18)8(4-13)20-10(12)6-2-3-7-11(14)15-5-16-17(6)7/h2-3,5,8-10,18-19H,4H2,1H3,(H2,14,15,16)/t8-,9-,10+,12-/m1/s1. The van der Waals surface area contributed by atoms with Crippen LogP contribution in [0.1, 0.15) is 18.7 Å². The van der Waals surface area contributed by atoms with E-state index < -0.39 is 23.9 Å². The van der Waals surface area contributed by atoms with E-state index in [1.807, 2.05) is 0 Å².